The Labute approximate surface area is 205 Å². The summed E-state index contributed by atoms with van der Waals surface area (Å²) in [6, 6.07) is 9.52. The molecule has 36 heavy (non-hydrogen) atoms. The van der Waals surface area contributed by atoms with Crippen LogP contribution in [0.4, 0.5) is 10.6 Å². The van der Waals surface area contributed by atoms with E-state index in [1.807, 2.05) is 0 Å². The molecule has 184 valence electrons. The van der Waals surface area contributed by atoms with Gasteiger partial charge >= 0.3 is 6.03 Å². The van der Waals surface area contributed by atoms with Crippen LogP contribution in [0, 0.1) is 0 Å². The lowest BCUT2D eigenvalue weighted by Crippen LogP contribution is -2.52. The Morgan fingerprint density at radius 2 is 1.97 bits per heavy atom. The monoisotopic (exact) mass is 489 g/mol. The maximum Gasteiger partial charge on any atom is 0.322 e. The number of piperidine rings is 1. The molecule has 2 saturated heterocycles. The summed E-state index contributed by atoms with van der Waals surface area (Å²) in [4.78, 5) is 58.6. The number of nitrogens with zero attached hydrogens (tertiary/aromatic N) is 3. The standard InChI is InChI=1S/C25H23N5O6/c1-35-15-6-5-14-12-29(22(32)16(14)10-15)13-25(23(33)27-24(34)28-25)19-11-17-18(36-19)7-8-20(26-17)30-9-3-2-4-21(30)31/h5-8,10-11H,2-4,9,12-13H2,1H3,(H2,27,28,33,34)/t25-/m0/s1. The number of ether oxygens (including phenoxy) is 1. The van der Waals surface area contributed by atoms with Gasteiger partial charge in [-0.2, -0.15) is 0 Å². The van der Waals surface area contributed by atoms with Crippen molar-refractivity contribution < 1.29 is 28.3 Å². The van der Waals surface area contributed by atoms with Crippen LogP contribution in [0.2, 0.25) is 0 Å². The Bertz CT molecular complexity index is 1450. The van der Waals surface area contributed by atoms with Gasteiger partial charge in [0.25, 0.3) is 11.8 Å². The number of hydrogen-bond acceptors (Lipinski definition) is 7. The van der Waals surface area contributed by atoms with E-state index in [-0.39, 0.29) is 30.7 Å². The summed E-state index contributed by atoms with van der Waals surface area (Å²) >= 11 is 0. The van der Waals surface area contributed by atoms with E-state index in [1.54, 1.807) is 41.3 Å². The molecule has 0 spiro atoms. The minimum Gasteiger partial charge on any atom is -0.497 e. The van der Waals surface area contributed by atoms with Crippen molar-refractivity contribution in [2.75, 3.05) is 25.1 Å². The van der Waals surface area contributed by atoms with Gasteiger partial charge in [0, 0.05) is 31.1 Å². The van der Waals surface area contributed by atoms with E-state index in [0.717, 1.165) is 18.4 Å². The lowest BCUT2D eigenvalue weighted by atomic mass is 9.95. The van der Waals surface area contributed by atoms with Gasteiger partial charge in [-0.3, -0.25) is 24.6 Å². The SMILES string of the molecule is COc1ccc2c(c1)C(=O)N(C[C@@]1(c3cc4nc(N5CCCCC5=O)ccc4o3)NC(=O)NC1=O)C2. The first-order valence-electron chi connectivity index (χ1n) is 11.7. The van der Waals surface area contributed by atoms with Crippen LogP contribution in [0.15, 0.2) is 40.8 Å². The number of carbonyl (C=O) groups excluding carboxylic acids is 4. The van der Waals surface area contributed by atoms with E-state index in [9.17, 15) is 19.2 Å². The summed E-state index contributed by atoms with van der Waals surface area (Å²) in [5.74, 6) is 0.317. The fourth-order valence-corrected chi connectivity index (χ4v) is 5.06. The van der Waals surface area contributed by atoms with E-state index in [2.05, 4.69) is 15.6 Å². The number of imide groups is 1. The van der Waals surface area contributed by atoms with Crippen LogP contribution in [0.5, 0.6) is 5.75 Å². The number of carbonyl (C=O) groups is 4. The van der Waals surface area contributed by atoms with Crippen molar-refractivity contribution in [2.24, 2.45) is 0 Å². The molecular formula is C25H23N5O6. The Morgan fingerprint density at radius 1 is 1.11 bits per heavy atom. The largest absolute Gasteiger partial charge is 0.497 e. The number of fused-ring (bicyclic) bond motifs is 2. The summed E-state index contributed by atoms with van der Waals surface area (Å²) in [6.45, 7) is 0.716. The zero-order chi connectivity index (χ0) is 25.0. The van der Waals surface area contributed by atoms with Gasteiger partial charge < -0.3 is 19.4 Å². The minimum atomic E-state index is -1.64. The highest BCUT2D eigenvalue weighted by Gasteiger charge is 2.53. The Kier molecular flexibility index (Phi) is 4.95. The van der Waals surface area contributed by atoms with Crippen molar-refractivity contribution in [1.82, 2.24) is 20.5 Å². The predicted octanol–water partition coefficient (Wildman–Crippen LogP) is 2.04. The van der Waals surface area contributed by atoms with Crippen molar-refractivity contribution >= 4 is 40.7 Å². The maximum absolute atomic E-state index is 13.2. The van der Waals surface area contributed by atoms with Gasteiger partial charge in [-0.1, -0.05) is 6.07 Å². The first-order valence-corrected chi connectivity index (χ1v) is 11.7. The third kappa shape index (κ3) is 3.38. The van der Waals surface area contributed by atoms with Crippen molar-refractivity contribution in [3.8, 4) is 5.75 Å². The highest BCUT2D eigenvalue weighted by Crippen LogP contribution is 2.35. The number of pyridine rings is 1. The van der Waals surface area contributed by atoms with E-state index < -0.39 is 17.5 Å². The van der Waals surface area contributed by atoms with Crippen LogP contribution in [-0.2, 0) is 21.7 Å². The first-order chi connectivity index (χ1) is 17.4. The molecule has 0 radical (unpaired) electrons. The summed E-state index contributed by atoms with van der Waals surface area (Å²) in [5.41, 5.74) is 0.474. The van der Waals surface area contributed by atoms with Crippen molar-refractivity contribution in [3.05, 3.63) is 53.3 Å². The molecule has 0 saturated carbocycles. The minimum absolute atomic E-state index is 0.0134. The molecule has 5 heterocycles. The van der Waals surface area contributed by atoms with Crippen LogP contribution in [0.3, 0.4) is 0 Å². The number of nitrogens with one attached hydrogen (secondary N) is 2. The molecule has 2 aromatic heterocycles. The quantitative estimate of drug-likeness (QED) is 0.524. The topological polar surface area (TPSA) is 134 Å². The van der Waals surface area contributed by atoms with Crippen LogP contribution < -0.4 is 20.3 Å². The molecule has 11 nitrogen and oxygen atoms in total. The zero-order valence-corrected chi connectivity index (χ0v) is 19.5. The summed E-state index contributed by atoms with van der Waals surface area (Å²) in [6.07, 6.45) is 2.23. The number of aromatic nitrogens is 1. The third-order valence-corrected chi connectivity index (χ3v) is 6.95. The number of furan rings is 1. The molecule has 0 bridgehead atoms. The van der Waals surface area contributed by atoms with Crippen molar-refractivity contribution in [2.45, 2.75) is 31.3 Å². The van der Waals surface area contributed by atoms with Gasteiger partial charge in [0.05, 0.1) is 13.7 Å². The predicted molar refractivity (Wildman–Crippen MR) is 126 cm³/mol. The lowest BCUT2D eigenvalue weighted by Gasteiger charge is -2.28. The second kappa shape index (κ2) is 8.08. The molecule has 3 aromatic rings. The molecule has 6 rings (SSSR count). The van der Waals surface area contributed by atoms with Gasteiger partial charge in [-0.15, -0.1) is 0 Å². The molecule has 2 N–H and O–H groups in total. The van der Waals surface area contributed by atoms with E-state index in [0.29, 0.717) is 41.2 Å². The number of amides is 5. The third-order valence-electron chi connectivity index (χ3n) is 6.95. The number of urea groups is 1. The molecular weight excluding hydrogens is 466 g/mol. The first kappa shape index (κ1) is 22.1. The van der Waals surface area contributed by atoms with Gasteiger partial charge in [0.1, 0.15) is 22.8 Å². The van der Waals surface area contributed by atoms with Crippen LogP contribution in [-0.4, -0.2) is 53.8 Å². The molecule has 11 heteroatoms. The second-order valence-corrected chi connectivity index (χ2v) is 9.16. The molecule has 3 aliphatic rings. The smallest absolute Gasteiger partial charge is 0.322 e. The van der Waals surface area contributed by atoms with Crippen LogP contribution >= 0.6 is 0 Å². The second-order valence-electron chi connectivity index (χ2n) is 9.16. The normalized spacial score (nSPS) is 21.7. The van der Waals surface area contributed by atoms with E-state index in [1.165, 1.54) is 12.0 Å². The van der Waals surface area contributed by atoms with Gasteiger partial charge in [-0.05, 0) is 42.7 Å². The fraction of sp³-hybridized carbons (Fsp3) is 0.320. The van der Waals surface area contributed by atoms with Gasteiger partial charge in [0.2, 0.25) is 5.91 Å². The average molecular weight is 489 g/mol. The van der Waals surface area contributed by atoms with Crippen LogP contribution in [0.25, 0.3) is 11.1 Å². The number of benzene rings is 1. The average Bonchev–Trinajstić information content (AvgIpc) is 3.52. The fourth-order valence-electron chi connectivity index (χ4n) is 5.06. The maximum atomic E-state index is 13.2. The summed E-state index contributed by atoms with van der Waals surface area (Å²) in [5, 5.41) is 4.94. The summed E-state index contributed by atoms with van der Waals surface area (Å²) < 4.78 is 11.2. The number of anilines is 1. The Morgan fingerprint density at radius 3 is 2.72 bits per heavy atom. The summed E-state index contributed by atoms with van der Waals surface area (Å²) in [7, 11) is 1.52. The zero-order valence-electron chi connectivity index (χ0n) is 19.5. The van der Waals surface area contributed by atoms with Gasteiger partial charge in [0.15, 0.2) is 11.1 Å². The highest BCUT2D eigenvalue weighted by atomic mass is 16.5. The Balaban J connectivity index is 1.36. The molecule has 0 unspecified atom stereocenters. The van der Waals surface area contributed by atoms with Crippen molar-refractivity contribution in [3.63, 3.8) is 0 Å². The highest BCUT2D eigenvalue weighted by molar-refractivity contribution is 6.08. The number of methoxy groups -OCH3 is 1. The molecule has 5 amide bonds. The lowest BCUT2D eigenvalue weighted by molar-refractivity contribution is -0.125. The number of hydrogen-bond donors (Lipinski definition) is 2. The van der Waals surface area contributed by atoms with E-state index in [4.69, 9.17) is 9.15 Å². The van der Waals surface area contributed by atoms with E-state index >= 15 is 0 Å². The van der Waals surface area contributed by atoms with Gasteiger partial charge in [-0.25, -0.2) is 9.78 Å². The molecule has 1 aromatic carbocycles. The Hall–Kier alpha value is -4.41. The van der Waals surface area contributed by atoms with Crippen molar-refractivity contribution in [1.29, 1.82) is 0 Å². The van der Waals surface area contributed by atoms with Crippen LogP contribution in [0.1, 0.15) is 40.9 Å². The molecule has 0 aliphatic carbocycles. The molecule has 3 aliphatic heterocycles. The molecule has 2 fully saturated rings. The number of rotatable bonds is 5. The molecule has 1 atom stereocenters.